The third-order valence-corrected chi connectivity index (χ3v) is 7.02. The highest BCUT2D eigenvalue weighted by molar-refractivity contribution is 9.10. The molecule has 7 heteroatoms. The number of halogens is 1. The summed E-state index contributed by atoms with van der Waals surface area (Å²) in [6.45, 7) is 3.87. The maximum Gasteiger partial charge on any atom is 0.247 e. The summed E-state index contributed by atoms with van der Waals surface area (Å²) in [4.78, 5) is 14.0. The molecular weight excluding hydrogens is 344 g/mol. The Labute approximate surface area is 129 Å². The monoisotopic (exact) mass is 356 g/mol. The van der Waals surface area contributed by atoms with E-state index in [0.717, 1.165) is 0 Å². The fraction of sp³-hybridized carbons (Fsp3) is 0.538. The zero-order chi connectivity index (χ0) is 14.7. The maximum absolute atomic E-state index is 12.5. The molecule has 0 spiro atoms. The fourth-order valence-electron chi connectivity index (χ4n) is 2.75. The van der Waals surface area contributed by atoms with Crippen molar-refractivity contribution in [1.29, 1.82) is 5.26 Å². The topological polar surface area (TPSA) is 77.5 Å². The van der Waals surface area contributed by atoms with Crippen molar-refractivity contribution >= 4 is 33.6 Å². The molecule has 0 radical (unpaired) electrons. The molecule has 1 aromatic heterocycles. The third kappa shape index (κ3) is 1.56. The van der Waals surface area contributed by atoms with Crippen LogP contribution >= 0.6 is 27.7 Å². The summed E-state index contributed by atoms with van der Waals surface area (Å²) in [6, 6.07) is 5.00. The number of thioether (sulfide) groups is 1. The molecule has 2 aliphatic heterocycles. The smallest absolute Gasteiger partial charge is 0.247 e. The normalized spacial score (nSPS) is 36.1. The molecule has 2 fully saturated rings. The lowest BCUT2D eigenvalue weighted by Crippen LogP contribution is -2.71. The average molecular weight is 357 g/mol. The van der Waals surface area contributed by atoms with Gasteiger partial charge in [0.2, 0.25) is 5.91 Å². The molecule has 3 heterocycles. The lowest BCUT2D eigenvalue weighted by Gasteiger charge is -2.50. The van der Waals surface area contributed by atoms with Crippen molar-refractivity contribution in [3.63, 3.8) is 0 Å². The van der Waals surface area contributed by atoms with Crippen molar-refractivity contribution in [2.45, 2.75) is 40.4 Å². The number of carbonyl (C=O) groups excluding carboxylic acids is 1. The standard InChI is InChI=1S/C13H13BrN2O3S/c1-12(2)8(6-15)16-10(18)13(14,11(16)20-12)9(17)7-4-3-5-19-7/h3-5,8-9,11,17H,1-2H3. The molecule has 0 bridgehead atoms. The molecular formula is C13H13BrN2O3S. The molecule has 106 valence electrons. The lowest BCUT2D eigenvalue weighted by atomic mass is 9.87. The third-order valence-electron chi connectivity index (χ3n) is 3.86. The van der Waals surface area contributed by atoms with Crippen LogP contribution in [0, 0.1) is 11.3 Å². The van der Waals surface area contributed by atoms with E-state index in [1.807, 2.05) is 13.8 Å². The lowest BCUT2D eigenvalue weighted by molar-refractivity contribution is -0.154. The van der Waals surface area contributed by atoms with E-state index in [4.69, 9.17) is 4.42 Å². The highest BCUT2D eigenvalue weighted by Gasteiger charge is 2.72. The van der Waals surface area contributed by atoms with E-state index in [0.29, 0.717) is 5.76 Å². The molecule has 1 aromatic rings. The zero-order valence-corrected chi connectivity index (χ0v) is 13.3. The number of nitriles is 1. The molecule has 5 nitrogen and oxygen atoms in total. The van der Waals surface area contributed by atoms with Gasteiger partial charge in [0.15, 0.2) is 4.32 Å². The Morgan fingerprint density at radius 1 is 1.65 bits per heavy atom. The van der Waals surface area contributed by atoms with Crippen LogP contribution in [0.25, 0.3) is 0 Å². The van der Waals surface area contributed by atoms with Gasteiger partial charge in [0.25, 0.3) is 0 Å². The summed E-state index contributed by atoms with van der Waals surface area (Å²) in [5, 5.41) is 19.4. The second-order valence-electron chi connectivity index (χ2n) is 5.50. The van der Waals surface area contributed by atoms with E-state index in [1.165, 1.54) is 18.0 Å². The van der Waals surface area contributed by atoms with Crippen LogP contribution in [-0.4, -0.2) is 36.4 Å². The van der Waals surface area contributed by atoms with Crippen molar-refractivity contribution in [1.82, 2.24) is 4.90 Å². The zero-order valence-electron chi connectivity index (χ0n) is 10.9. The largest absolute Gasteiger partial charge is 0.467 e. The maximum atomic E-state index is 12.5. The first-order valence-corrected chi connectivity index (χ1v) is 7.82. The summed E-state index contributed by atoms with van der Waals surface area (Å²) in [5.41, 5.74) is 0. The van der Waals surface area contributed by atoms with Crippen molar-refractivity contribution in [3.8, 4) is 6.07 Å². The van der Waals surface area contributed by atoms with E-state index in [1.54, 1.807) is 17.0 Å². The van der Waals surface area contributed by atoms with Crippen molar-refractivity contribution in [3.05, 3.63) is 24.2 Å². The number of aliphatic hydroxyl groups is 1. The summed E-state index contributed by atoms with van der Waals surface area (Å²) in [6.07, 6.45) is 0.381. The summed E-state index contributed by atoms with van der Waals surface area (Å²) in [5.74, 6) is 0.0738. The van der Waals surface area contributed by atoms with Crippen LogP contribution < -0.4 is 0 Å². The molecule has 0 saturated carbocycles. The summed E-state index contributed by atoms with van der Waals surface area (Å²) >= 11 is 4.92. The van der Waals surface area contributed by atoms with Crippen molar-refractivity contribution < 1.29 is 14.3 Å². The van der Waals surface area contributed by atoms with Gasteiger partial charge in [-0.3, -0.25) is 4.79 Å². The van der Waals surface area contributed by atoms with Gasteiger partial charge in [0.05, 0.1) is 12.3 Å². The molecule has 0 aromatic carbocycles. The SMILES string of the molecule is CC1(C)SC2N(C(=O)C2(Br)C(O)c2ccco2)C1C#N. The van der Waals surface area contributed by atoms with Gasteiger partial charge in [-0.2, -0.15) is 5.26 Å². The van der Waals surface area contributed by atoms with Crippen molar-refractivity contribution in [2.75, 3.05) is 0 Å². The average Bonchev–Trinajstić information content (AvgIpc) is 3.01. The Morgan fingerprint density at radius 2 is 2.35 bits per heavy atom. The highest BCUT2D eigenvalue weighted by atomic mass is 79.9. The predicted molar refractivity (Wildman–Crippen MR) is 77.0 cm³/mol. The number of carbonyl (C=O) groups is 1. The Bertz CT molecular complexity index is 597. The number of β-lactam (4-membered cyclic amide) rings is 1. The van der Waals surface area contributed by atoms with E-state index >= 15 is 0 Å². The number of alkyl halides is 1. The van der Waals surface area contributed by atoms with E-state index in [-0.39, 0.29) is 16.0 Å². The molecule has 1 N–H and O–H groups in total. The minimum absolute atomic E-state index is 0.268. The minimum atomic E-state index is -1.13. The van der Waals surface area contributed by atoms with Crippen LogP contribution in [0.1, 0.15) is 25.7 Å². The number of nitrogens with zero attached hydrogens (tertiary/aromatic N) is 2. The molecule has 2 aliphatic rings. The first-order valence-electron chi connectivity index (χ1n) is 6.14. The van der Waals surface area contributed by atoms with Crippen LogP contribution in [0.2, 0.25) is 0 Å². The highest BCUT2D eigenvalue weighted by Crippen LogP contribution is 2.61. The molecule has 0 aliphatic carbocycles. The van der Waals surface area contributed by atoms with Gasteiger partial charge in [-0.25, -0.2) is 0 Å². The van der Waals surface area contributed by atoms with Crippen molar-refractivity contribution in [2.24, 2.45) is 0 Å². The number of rotatable bonds is 2. The Hall–Kier alpha value is -0.970. The Morgan fingerprint density at radius 3 is 2.90 bits per heavy atom. The van der Waals surface area contributed by atoms with Gasteiger partial charge in [0.1, 0.15) is 23.3 Å². The molecule has 4 atom stereocenters. The summed E-state index contributed by atoms with van der Waals surface area (Å²) in [7, 11) is 0. The van der Waals surface area contributed by atoms with Crippen LogP contribution in [0.5, 0.6) is 0 Å². The number of fused-ring (bicyclic) bond motifs is 1. The minimum Gasteiger partial charge on any atom is -0.467 e. The van der Waals surface area contributed by atoms with Gasteiger partial charge in [-0.1, -0.05) is 15.9 Å². The van der Waals surface area contributed by atoms with E-state index in [2.05, 4.69) is 22.0 Å². The molecule has 4 unspecified atom stereocenters. The van der Waals surface area contributed by atoms with Crippen LogP contribution in [0.4, 0.5) is 0 Å². The fourth-order valence-corrected chi connectivity index (χ4v) is 5.29. The molecule has 1 amide bonds. The van der Waals surface area contributed by atoms with Gasteiger partial charge in [-0.05, 0) is 26.0 Å². The second-order valence-corrected chi connectivity index (χ2v) is 8.55. The van der Waals surface area contributed by atoms with E-state index < -0.39 is 16.5 Å². The first-order chi connectivity index (χ1) is 9.34. The first kappa shape index (κ1) is 14.0. The molecule has 3 rings (SSSR count). The number of amides is 1. The Balaban J connectivity index is 1.95. The Kier molecular flexibility index (Phi) is 2.98. The number of furan rings is 1. The van der Waals surface area contributed by atoms with Gasteiger partial charge in [0, 0.05) is 4.75 Å². The summed E-state index contributed by atoms with van der Waals surface area (Å²) < 4.78 is 3.70. The van der Waals surface area contributed by atoms with Gasteiger partial charge in [-0.15, -0.1) is 11.8 Å². The number of aliphatic hydroxyl groups excluding tert-OH is 1. The van der Waals surface area contributed by atoms with Crippen LogP contribution in [0.3, 0.4) is 0 Å². The second kappa shape index (κ2) is 4.26. The van der Waals surface area contributed by atoms with Crippen LogP contribution in [-0.2, 0) is 4.79 Å². The van der Waals surface area contributed by atoms with E-state index in [9.17, 15) is 15.2 Å². The number of hydrogen-bond donors (Lipinski definition) is 1. The van der Waals surface area contributed by atoms with Crippen LogP contribution in [0.15, 0.2) is 22.8 Å². The van der Waals surface area contributed by atoms with Gasteiger partial charge >= 0.3 is 0 Å². The molecule has 20 heavy (non-hydrogen) atoms. The quantitative estimate of drug-likeness (QED) is 0.647. The van der Waals surface area contributed by atoms with Gasteiger partial charge < -0.3 is 14.4 Å². The predicted octanol–water partition coefficient (Wildman–Crippen LogP) is 2.03. The number of hydrogen-bond acceptors (Lipinski definition) is 5. The molecule has 2 saturated heterocycles.